The summed E-state index contributed by atoms with van der Waals surface area (Å²) in [6.45, 7) is 11.7. The minimum absolute atomic E-state index is 0.456. The molecular weight excluding hydrogens is 302 g/mol. The van der Waals surface area contributed by atoms with E-state index >= 15 is 0 Å². The zero-order valence-electron chi connectivity index (χ0n) is 13.2. The molecule has 1 atom stereocenters. The second kappa shape index (κ2) is 11.1. The third kappa shape index (κ3) is 8.74. The van der Waals surface area contributed by atoms with E-state index in [0.717, 1.165) is 26.6 Å². The van der Waals surface area contributed by atoms with Crippen molar-refractivity contribution in [3.63, 3.8) is 0 Å². The predicted molar refractivity (Wildman–Crippen MR) is 90.0 cm³/mol. The van der Waals surface area contributed by atoms with Crippen LogP contribution in [0.25, 0.3) is 0 Å². The van der Waals surface area contributed by atoms with Crippen molar-refractivity contribution in [3.05, 3.63) is 61.2 Å². The Kier molecular flexibility index (Phi) is 10.4. The van der Waals surface area contributed by atoms with Crippen molar-refractivity contribution in [2.75, 3.05) is 20.2 Å². The molecule has 0 radical (unpaired) electrons. The van der Waals surface area contributed by atoms with Crippen LogP contribution in [0.2, 0.25) is 0 Å². The summed E-state index contributed by atoms with van der Waals surface area (Å²) < 4.78 is 29.7. The smallest absolute Gasteiger partial charge is 0.289 e. The summed E-state index contributed by atoms with van der Waals surface area (Å²) in [5, 5.41) is 0. The first-order chi connectivity index (χ1) is 10.4. The van der Waals surface area contributed by atoms with Crippen molar-refractivity contribution >= 4 is 10.4 Å². The monoisotopic (exact) mass is 327 g/mol. The van der Waals surface area contributed by atoms with Crippen molar-refractivity contribution in [2.24, 2.45) is 0 Å². The summed E-state index contributed by atoms with van der Waals surface area (Å²) in [5.74, 6) is 0. The number of nitrogens with zero attached hydrogens (tertiary/aromatic N) is 1. The highest BCUT2D eigenvalue weighted by molar-refractivity contribution is 7.80. The van der Waals surface area contributed by atoms with Gasteiger partial charge in [-0.2, -0.15) is 8.42 Å². The molecule has 1 N–H and O–H groups in total. The zero-order valence-corrected chi connectivity index (χ0v) is 14.0. The van der Waals surface area contributed by atoms with Crippen LogP contribution < -0.4 is 0 Å². The normalized spacial score (nSPS) is 12.2. The quantitative estimate of drug-likeness (QED) is 0.586. The second-order valence-electron chi connectivity index (χ2n) is 4.46. The highest BCUT2D eigenvalue weighted by Crippen LogP contribution is 2.23. The van der Waals surface area contributed by atoms with Crippen molar-refractivity contribution in [3.8, 4) is 0 Å². The highest BCUT2D eigenvalue weighted by Gasteiger charge is 2.15. The molecule has 1 aromatic rings. The fourth-order valence-corrected chi connectivity index (χ4v) is 2.04. The average molecular weight is 327 g/mol. The first-order valence-corrected chi connectivity index (χ1v) is 8.29. The van der Waals surface area contributed by atoms with E-state index in [0.29, 0.717) is 6.04 Å². The summed E-state index contributed by atoms with van der Waals surface area (Å²) in [6, 6.07) is 11.1. The van der Waals surface area contributed by atoms with Gasteiger partial charge in [0, 0.05) is 19.1 Å². The van der Waals surface area contributed by atoms with Crippen molar-refractivity contribution < 1.29 is 17.2 Å². The molecule has 0 heterocycles. The average Bonchev–Trinajstić information content (AvgIpc) is 2.49. The molecule has 0 saturated heterocycles. The third-order valence-electron chi connectivity index (χ3n) is 2.95. The molecule has 6 heteroatoms. The molecule has 1 unspecified atom stereocenters. The maximum absolute atomic E-state index is 9.33. The Morgan fingerprint density at radius 3 is 2.00 bits per heavy atom. The minimum Gasteiger partial charge on any atom is -0.289 e. The fourth-order valence-electron chi connectivity index (χ4n) is 2.04. The molecule has 5 nitrogen and oxygen atoms in total. The Labute approximate surface area is 133 Å². The summed E-state index contributed by atoms with van der Waals surface area (Å²) in [6.07, 6.45) is 5.01. The summed E-state index contributed by atoms with van der Waals surface area (Å²) >= 11 is 0. The zero-order chi connectivity index (χ0) is 17.0. The van der Waals surface area contributed by atoms with Gasteiger partial charge in [0.1, 0.15) is 0 Å². The van der Waals surface area contributed by atoms with Crippen LogP contribution in [0, 0.1) is 0 Å². The predicted octanol–water partition coefficient (Wildman–Crippen LogP) is 3.25. The molecule has 1 rings (SSSR count). The molecular formula is C16H25NO4S. The van der Waals surface area contributed by atoms with Crippen LogP contribution in [0.3, 0.4) is 0 Å². The third-order valence-corrected chi connectivity index (χ3v) is 3.37. The molecule has 0 aliphatic rings. The maximum Gasteiger partial charge on any atom is 0.397 e. The molecule has 22 heavy (non-hydrogen) atoms. The molecule has 0 amide bonds. The van der Waals surface area contributed by atoms with Crippen LogP contribution in [-0.2, 0) is 14.6 Å². The molecule has 0 aliphatic carbocycles. The summed E-state index contributed by atoms with van der Waals surface area (Å²) in [7, 11) is -3.29. The lowest BCUT2D eigenvalue weighted by molar-refractivity contribution is 0.237. The molecule has 0 saturated carbocycles. The van der Waals surface area contributed by atoms with E-state index in [1.54, 1.807) is 0 Å². The van der Waals surface area contributed by atoms with Crippen LogP contribution >= 0.6 is 0 Å². The van der Waals surface area contributed by atoms with E-state index in [9.17, 15) is 8.42 Å². The number of benzene rings is 1. The van der Waals surface area contributed by atoms with Gasteiger partial charge in [-0.05, 0) is 12.0 Å². The number of hydrogen-bond donors (Lipinski definition) is 1. The van der Waals surface area contributed by atoms with Crippen LogP contribution in [0.1, 0.15) is 24.9 Å². The highest BCUT2D eigenvalue weighted by atomic mass is 32.3. The molecule has 0 aromatic heterocycles. The van der Waals surface area contributed by atoms with Crippen molar-refractivity contribution in [1.29, 1.82) is 0 Å². The van der Waals surface area contributed by atoms with Crippen molar-refractivity contribution in [1.82, 2.24) is 4.90 Å². The van der Waals surface area contributed by atoms with Gasteiger partial charge in [0.15, 0.2) is 0 Å². The Morgan fingerprint density at radius 1 is 1.23 bits per heavy atom. The SMILES string of the molecule is C=CCN(CC=C)C(CC)c1ccccc1.COS(=O)(=O)O. The first kappa shape index (κ1) is 20.5. The topological polar surface area (TPSA) is 66.8 Å². The molecule has 124 valence electrons. The molecule has 0 aliphatic heterocycles. The van der Waals surface area contributed by atoms with Crippen LogP contribution in [0.5, 0.6) is 0 Å². The minimum atomic E-state index is -4.16. The van der Waals surface area contributed by atoms with Gasteiger partial charge in [0.05, 0.1) is 7.11 Å². The first-order valence-electron chi connectivity index (χ1n) is 6.93. The standard InChI is InChI=1S/C15H21N.CH4O4S/c1-4-12-16(13-5-2)15(6-3)14-10-8-7-9-11-14;1-5-6(2,3)4/h4-5,7-11,15H,1-2,6,12-13H2,3H3;1H3,(H,2,3,4). The van der Waals surface area contributed by atoms with Gasteiger partial charge in [0.2, 0.25) is 0 Å². The lowest BCUT2D eigenvalue weighted by Gasteiger charge is -2.29. The van der Waals surface area contributed by atoms with Gasteiger partial charge >= 0.3 is 10.4 Å². The lowest BCUT2D eigenvalue weighted by Crippen LogP contribution is -2.28. The summed E-state index contributed by atoms with van der Waals surface area (Å²) in [4.78, 5) is 2.38. The van der Waals surface area contributed by atoms with Gasteiger partial charge in [-0.25, -0.2) is 0 Å². The molecule has 0 spiro atoms. The van der Waals surface area contributed by atoms with E-state index in [-0.39, 0.29) is 0 Å². The largest absolute Gasteiger partial charge is 0.397 e. The van der Waals surface area contributed by atoms with E-state index in [1.807, 2.05) is 12.2 Å². The van der Waals surface area contributed by atoms with Gasteiger partial charge < -0.3 is 0 Å². The van der Waals surface area contributed by atoms with Crippen LogP contribution in [0.4, 0.5) is 0 Å². The second-order valence-corrected chi connectivity index (χ2v) is 5.65. The Balaban J connectivity index is 0.000000626. The van der Waals surface area contributed by atoms with E-state index in [1.165, 1.54) is 5.56 Å². The molecule has 0 bridgehead atoms. The van der Waals surface area contributed by atoms with Gasteiger partial charge in [-0.15, -0.1) is 13.2 Å². The molecule has 0 fully saturated rings. The number of rotatable bonds is 8. The van der Waals surface area contributed by atoms with E-state index in [2.05, 4.69) is 59.5 Å². The van der Waals surface area contributed by atoms with Crippen LogP contribution in [0.15, 0.2) is 55.6 Å². The Bertz CT molecular complexity index is 518. The van der Waals surface area contributed by atoms with Gasteiger partial charge in [0.25, 0.3) is 0 Å². The van der Waals surface area contributed by atoms with E-state index in [4.69, 9.17) is 4.55 Å². The molecule has 1 aromatic carbocycles. The van der Waals surface area contributed by atoms with Gasteiger partial charge in [-0.1, -0.05) is 49.4 Å². The fraction of sp³-hybridized carbons (Fsp3) is 0.375. The van der Waals surface area contributed by atoms with Crippen molar-refractivity contribution in [2.45, 2.75) is 19.4 Å². The lowest BCUT2D eigenvalue weighted by atomic mass is 10.0. The number of hydrogen-bond acceptors (Lipinski definition) is 4. The van der Waals surface area contributed by atoms with E-state index < -0.39 is 10.4 Å². The van der Waals surface area contributed by atoms with Crippen LogP contribution in [-0.4, -0.2) is 38.1 Å². The summed E-state index contributed by atoms with van der Waals surface area (Å²) in [5.41, 5.74) is 1.37. The maximum atomic E-state index is 9.33. The Morgan fingerprint density at radius 2 is 1.68 bits per heavy atom. The van der Waals surface area contributed by atoms with Gasteiger partial charge in [-0.3, -0.25) is 13.6 Å². The Hall–Kier alpha value is -1.47.